The van der Waals surface area contributed by atoms with E-state index in [1.807, 2.05) is 36.4 Å². The minimum atomic E-state index is -0.701. The van der Waals surface area contributed by atoms with Crippen molar-refractivity contribution in [3.8, 4) is 0 Å². The van der Waals surface area contributed by atoms with E-state index in [9.17, 15) is 9.59 Å². The summed E-state index contributed by atoms with van der Waals surface area (Å²) in [6.07, 6.45) is 3.45. The van der Waals surface area contributed by atoms with Crippen molar-refractivity contribution < 1.29 is 19.1 Å². The van der Waals surface area contributed by atoms with Gasteiger partial charge in [-0.1, -0.05) is 28.1 Å². The van der Waals surface area contributed by atoms with Crippen molar-refractivity contribution in [1.82, 2.24) is 0 Å². The van der Waals surface area contributed by atoms with Gasteiger partial charge < -0.3 is 14.4 Å². The number of ether oxygens (including phenoxy) is 2. The number of hydrogen-bond acceptors (Lipinski definition) is 4. The first kappa shape index (κ1) is 14.0. The van der Waals surface area contributed by atoms with Gasteiger partial charge in [0, 0.05) is 10.2 Å². The van der Waals surface area contributed by atoms with Crippen LogP contribution in [-0.2, 0) is 19.1 Å². The Morgan fingerprint density at radius 2 is 2.14 bits per heavy atom. The minimum absolute atomic E-state index is 0.0791. The predicted molar refractivity (Wildman–Crippen MR) is 82.2 cm³/mol. The van der Waals surface area contributed by atoms with Crippen LogP contribution >= 0.6 is 15.9 Å². The molecule has 3 aliphatic heterocycles. The van der Waals surface area contributed by atoms with Crippen LogP contribution in [0.2, 0.25) is 0 Å². The molecule has 0 unspecified atom stereocenters. The number of hydrogen-bond donors (Lipinski definition) is 0. The first-order valence-corrected chi connectivity index (χ1v) is 7.87. The quantitative estimate of drug-likeness (QED) is 0.594. The molecular weight excluding hydrogens is 350 g/mol. The maximum Gasteiger partial charge on any atom is 0.312 e. The van der Waals surface area contributed by atoms with Gasteiger partial charge in [-0.25, -0.2) is 0 Å². The fraction of sp³-hybridized carbons (Fsp3) is 0.375. The van der Waals surface area contributed by atoms with E-state index in [2.05, 4.69) is 15.9 Å². The van der Waals surface area contributed by atoms with Crippen LogP contribution in [0, 0.1) is 11.8 Å². The largest absolute Gasteiger partial charge is 0.469 e. The van der Waals surface area contributed by atoms with E-state index in [1.54, 1.807) is 4.90 Å². The molecule has 1 aromatic carbocycles. The maximum absolute atomic E-state index is 12.9. The number of carbonyl (C=O) groups excluding carboxylic acids is 2. The monoisotopic (exact) mass is 363 g/mol. The summed E-state index contributed by atoms with van der Waals surface area (Å²) in [5.74, 6) is -1.52. The highest BCUT2D eigenvalue weighted by atomic mass is 79.9. The summed E-state index contributed by atoms with van der Waals surface area (Å²) < 4.78 is 11.8. The second kappa shape index (κ2) is 4.67. The van der Waals surface area contributed by atoms with Crippen LogP contribution in [0.25, 0.3) is 0 Å². The molecular formula is C16H14BrNO4. The molecule has 1 spiro atoms. The van der Waals surface area contributed by atoms with Crippen LogP contribution in [0.4, 0.5) is 5.69 Å². The van der Waals surface area contributed by atoms with Crippen molar-refractivity contribution >= 4 is 33.5 Å². The summed E-state index contributed by atoms with van der Waals surface area (Å²) in [7, 11) is 1.34. The van der Waals surface area contributed by atoms with E-state index in [0.29, 0.717) is 6.54 Å². The molecule has 4 atom stereocenters. The molecule has 5 nitrogen and oxygen atoms in total. The van der Waals surface area contributed by atoms with E-state index in [0.717, 1.165) is 10.2 Å². The lowest BCUT2D eigenvalue weighted by molar-refractivity contribution is -0.149. The van der Waals surface area contributed by atoms with Crippen LogP contribution in [0.5, 0.6) is 0 Å². The van der Waals surface area contributed by atoms with Gasteiger partial charge in [-0.05, 0) is 24.3 Å². The summed E-state index contributed by atoms with van der Waals surface area (Å²) in [4.78, 5) is 26.6. The Hall–Kier alpha value is -1.66. The van der Waals surface area contributed by atoms with Gasteiger partial charge in [0.05, 0.1) is 25.7 Å². The third-order valence-corrected chi connectivity index (χ3v) is 5.24. The van der Waals surface area contributed by atoms with Gasteiger partial charge in [0.2, 0.25) is 5.91 Å². The second-order valence-corrected chi connectivity index (χ2v) is 6.74. The number of esters is 1. The third kappa shape index (κ3) is 1.74. The molecule has 0 saturated carbocycles. The summed E-state index contributed by atoms with van der Waals surface area (Å²) in [6, 6.07) is 7.53. The van der Waals surface area contributed by atoms with Gasteiger partial charge in [0.25, 0.3) is 0 Å². The SMILES string of the molecule is COC(=O)[C@@H]1[C@@H]2C=C[C@]3(CN(c4ccc(Br)cc4)C(=O)[C@H]13)O2. The molecule has 0 N–H and O–H groups in total. The van der Waals surface area contributed by atoms with E-state index < -0.39 is 17.4 Å². The molecule has 0 aliphatic carbocycles. The maximum atomic E-state index is 12.9. The average Bonchev–Trinajstić information content (AvgIpc) is 3.16. The fourth-order valence-corrected chi connectivity index (χ4v) is 4.01. The van der Waals surface area contributed by atoms with Crippen LogP contribution in [0.3, 0.4) is 0 Å². The first-order chi connectivity index (χ1) is 10.6. The summed E-state index contributed by atoms with van der Waals surface area (Å²) >= 11 is 3.39. The molecule has 1 aromatic rings. The highest BCUT2D eigenvalue weighted by Gasteiger charge is 2.67. The Kier molecular flexibility index (Phi) is 2.96. The molecule has 0 aromatic heterocycles. The number of methoxy groups -OCH3 is 1. The van der Waals surface area contributed by atoms with E-state index in [1.165, 1.54) is 7.11 Å². The summed E-state index contributed by atoms with van der Waals surface area (Å²) in [5, 5.41) is 0. The van der Waals surface area contributed by atoms with Crippen molar-refractivity contribution in [2.24, 2.45) is 11.8 Å². The first-order valence-electron chi connectivity index (χ1n) is 7.08. The lowest BCUT2D eigenvalue weighted by Crippen LogP contribution is -2.39. The Morgan fingerprint density at radius 3 is 2.82 bits per heavy atom. The zero-order valence-corrected chi connectivity index (χ0v) is 13.4. The Bertz CT molecular complexity index is 686. The van der Waals surface area contributed by atoms with Crippen molar-refractivity contribution in [3.05, 3.63) is 40.9 Å². The number of carbonyl (C=O) groups is 2. The number of nitrogens with zero attached hydrogens (tertiary/aromatic N) is 1. The number of rotatable bonds is 2. The second-order valence-electron chi connectivity index (χ2n) is 5.82. The van der Waals surface area contributed by atoms with Crippen molar-refractivity contribution in [1.29, 1.82) is 0 Å². The van der Waals surface area contributed by atoms with Gasteiger partial charge in [0.1, 0.15) is 11.5 Å². The van der Waals surface area contributed by atoms with Crippen molar-refractivity contribution in [2.75, 3.05) is 18.6 Å². The topological polar surface area (TPSA) is 55.8 Å². The van der Waals surface area contributed by atoms with E-state index in [-0.39, 0.29) is 18.0 Å². The normalized spacial score (nSPS) is 35.1. The van der Waals surface area contributed by atoms with Gasteiger partial charge in [-0.2, -0.15) is 0 Å². The lowest BCUT2D eigenvalue weighted by atomic mass is 9.77. The fourth-order valence-electron chi connectivity index (χ4n) is 3.74. The van der Waals surface area contributed by atoms with Gasteiger partial charge in [-0.3, -0.25) is 9.59 Å². The zero-order valence-electron chi connectivity index (χ0n) is 11.9. The van der Waals surface area contributed by atoms with E-state index >= 15 is 0 Å². The van der Waals surface area contributed by atoms with Gasteiger partial charge in [-0.15, -0.1) is 0 Å². The number of halogens is 1. The number of anilines is 1. The standard InChI is InChI=1S/C16H14BrNO4/c1-21-15(20)12-11-6-7-16(22-11)8-18(14(19)13(12)16)10-4-2-9(17)3-5-10/h2-7,11-13H,8H2,1H3/t11-,12+,13-,16+/m0/s1. The summed E-state index contributed by atoms with van der Waals surface area (Å²) in [5.41, 5.74) is 0.106. The van der Waals surface area contributed by atoms with Crippen LogP contribution in [0.15, 0.2) is 40.9 Å². The minimum Gasteiger partial charge on any atom is -0.469 e. The van der Waals surface area contributed by atoms with Crippen molar-refractivity contribution in [2.45, 2.75) is 11.7 Å². The van der Waals surface area contributed by atoms with Crippen molar-refractivity contribution in [3.63, 3.8) is 0 Å². The smallest absolute Gasteiger partial charge is 0.312 e. The van der Waals surface area contributed by atoms with Crippen LogP contribution in [-0.4, -0.2) is 37.2 Å². The Balaban J connectivity index is 1.71. The molecule has 1 amide bonds. The zero-order chi connectivity index (χ0) is 15.5. The van der Waals surface area contributed by atoms with Crippen LogP contribution < -0.4 is 4.90 Å². The predicted octanol–water partition coefficient (Wildman–Crippen LogP) is 1.91. The van der Waals surface area contributed by atoms with Gasteiger partial charge in [0.15, 0.2) is 0 Å². The molecule has 2 fully saturated rings. The molecule has 22 heavy (non-hydrogen) atoms. The Morgan fingerprint density at radius 1 is 1.41 bits per heavy atom. The Labute approximate surface area is 136 Å². The number of fused-ring (bicyclic) bond motifs is 1. The molecule has 3 heterocycles. The average molecular weight is 364 g/mol. The molecule has 4 rings (SSSR count). The molecule has 114 valence electrons. The van der Waals surface area contributed by atoms with Gasteiger partial charge >= 0.3 is 5.97 Å². The highest BCUT2D eigenvalue weighted by molar-refractivity contribution is 9.10. The lowest BCUT2D eigenvalue weighted by Gasteiger charge is -2.22. The summed E-state index contributed by atoms with van der Waals surface area (Å²) in [6.45, 7) is 0.429. The molecule has 3 aliphatic rings. The van der Waals surface area contributed by atoms with E-state index in [4.69, 9.17) is 9.47 Å². The number of benzene rings is 1. The number of amides is 1. The van der Waals surface area contributed by atoms with Crippen LogP contribution in [0.1, 0.15) is 0 Å². The highest BCUT2D eigenvalue weighted by Crippen LogP contribution is 2.52. The molecule has 0 radical (unpaired) electrons. The molecule has 6 heteroatoms. The molecule has 2 saturated heterocycles. The third-order valence-electron chi connectivity index (χ3n) is 4.71. The molecule has 2 bridgehead atoms.